The SMILES string of the molecule is CC1CN(c2c(Cl)cc(N)cc2C(N)=O)CCN1C. The zero-order valence-corrected chi connectivity index (χ0v) is 11.9. The quantitative estimate of drug-likeness (QED) is 0.798. The zero-order valence-electron chi connectivity index (χ0n) is 11.2. The molecule has 1 saturated heterocycles. The second-order valence-electron chi connectivity index (χ2n) is 5.04. The van der Waals surface area contributed by atoms with Gasteiger partial charge in [-0.05, 0) is 26.1 Å². The molecule has 4 N–H and O–H groups in total. The average molecular weight is 283 g/mol. The van der Waals surface area contributed by atoms with E-state index in [9.17, 15) is 4.79 Å². The molecule has 0 aromatic heterocycles. The maximum atomic E-state index is 11.6. The molecule has 0 saturated carbocycles. The van der Waals surface area contributed by atoms with Crippen LogP contribution in [0.2, 0.25) is 5.02 Å². The van der Waals surface area contributed by atoms with Crippen molar-refractivity contribution in [3.8, 4) is 0 Å². The van der Waals surface area contributed by atoms with Crippen LogP contribution in [0.5, 0.6) is 0 Å². The zero-order chi connectivity index (χ0) is 14.2. The second kappa shape index (κ2) is 5.27. The molecule has 1 atom stereocenters. The monoisotopic (exact) mass is 282 g/mol. The van der Waals surface area contributed by atoms with E-state index < -0.39 is 5.91 Å². The third-order valence-corrected chi connectivity index (χ3v) is 3.92. The summed E-state index contributed by atoms with van der Waals surface area (Å²) in [5.41, 5.74) is 12.7. The number of amides is 1. The van der Waals surface area contributed by atoms with Gasteiger partial charge in [-0.1, -0.05) is 11.6 Å². The summed E-state index contributed by atoms with van der Waals surface area (Å²) in [6.07, 6.45) is 0. The number of carbonyl (C=O) groups is 1. The maximum Gasteiger partial charge on any atom is 0.250 e. The molecule has 1 heterocycles. The number of anilines is 2. The topological polar surface area (TPSA) is 75.6 Å². The molecule has 0 bridgehead atoms. The van der Waals surface area contributed by atoms with Crippen LogP contribution in [0.4, 0.5) is 11.4 Å². The number of halogens is 1. The van der Waals surface area contributed by atoms with Gasteiger partial charge in [0.05, 0.1) is 16.3 Å². The van der Waals surface area contributed by atoms with Gasteiger partial charge in [-0.3, -0.25) is 4.79 Å². The number of nitrogens with zero attached hydrogens (tertiary/aromatic N) is 2. The Morgan fingerprint density at radius 3 is 2.68 bits per heavy atom. The number of rotatable bonds is 2. The predicted octanol–water partition coefficient (Wildman–Crippen LogP) is 1.16. The smallest absolute Gasteiger partial charge is 0.250 e. The van der Waals surface area contributed by atoms with E-state index in [4.69, 9.17) is 23.1 Å². The van der Waals surface area contributed by atoms with Gasteiger partial charge in [0.15, 0.2) is 0 Å². The molecule has 5 nitrogen and oxygen atoms in total. The van der Waals surface area contributed by atoms with Gasteiger partial charge >= 0.3 is 0 Å². The van der Waals surface area contributed by atoms with Crippen LogP contribution >= 0.6 is 11.6 Å². The number of carbonyl (C=O) groups excluding carboxylic acids is 1. The highest BCUT2D eigenvalue weighted by Gasteiger charge is 2.25. The summed E-state index contributed by atoms with van der Waals surface area (Å²) in [6.45, 7) is 4.67. The molecule has 6 heteroatoms. The maximum absolute atomic E-state index is 11.6. The van der Waals surface area contributed by atoms with Crippen LogP contribution in [-0.4, -0.2) is 43.5 Å². The lowest BCUT2D eigenvalue weighted by molar-refractivity contribution is 0.100. The highest BCUT2D eigenvalue weighted by atomic mass is 35.5. The van der Waals surface area contributed by atoms with E-state index in [0.717, 1.165) is 19.6 Å². The third kappa shape index (κ3) is 2.77. The van der Waals surface area contributed by atoms with Crippen molar-refractivity contribution in [3.63, 3.8) is 0 Å². The van der Waals surface area contributed by atoms with Crippen molar-refractivity contribution >= 4 is 28.9 Å². The molecule has 0 radical (unpaired) electrons. The lowest BCUT2D eigenvalue weighted by Crippen LogP contribution is -2.50. The van der Waals surface area contributed by atoms with Crippen molar-refractivity contribution in [2.75, 3.05) is 37.3 Å². The van der Waals surface area contributed by atoms with Crippen LogP contribution in [0.3, 0.4) is 0 Å². The first-order chi connectivity index (χ1) is 8.90. The number of nitrogen functional groups attached to an aromatic ring is 1. The van der Waals surface area contributed by atoms with Crippen LogP contribution in [0.25, 0.3) is 0 Å². The van der Waals surface area contributed by atoms with Crippen molar-refractivity contribution in [1.82, 2.24) is 4.90 Å². The Labute approximate surface area is 118 Å². The van der Waals surface area contributed by atoms with E-state index >= 15 is 0 Å². The lowest BCUT2D eigenvalue weighted by atomic mass is 10.1. The van der Waals surface area contributed by atoms with Crippen molar-refractivity contribution < 1.29 is 4.79 Å². The second-order valence-corrected chi connectivity index (χ2v) is 5.45. The van der Waals surface area contributed by atoms with Gasteiger partial charge in [0, 0.05) is 31.4 Å². The number of piperazine rings is 1. The Bertz CT molecular complexity index is 506. The number of primary amides is 1. The molecule has 0 spiro atoms. The van der Waals surface area contributed by atoms with Gasteiger partial charge in [0.1, 0.15) is 0 Å². The van der Waals surface area contributed by atoms with Gasteiger partial charge in [-0.15, -0.1) is 0 Å². The van der Waals surface area contributed by atoms with Crippen molar-refractivity contribution in [2.45, 2.75) is 13.0 Å². The lowest BCUT2D eigenvalue weighted by Gasteiger charge is -2.39. The van der Waals surface area contributed by atoms with Crippen molar-refractivity contribution in [1.29, 1.82) is 0 Å². The molecule has 104 valence electrons. The van der Waals surface area contributed by atoms with Crippen LogP contribution in [0, 0.1) is 0 Å². The minimum atomic E-state index is -0.504. The highest BCUT2D eigenvalue weighted by Crippen LogP contribution is 2.33. The summed E-state index contributed by atoms with van der Waals surface area (Å²) in [4.78, 5) is 16.0. The Hall–Kier alpha value is -1.46. The fraction of sp³-hybridized carbons (Fsp3) is 0.462. The number of nitrogens with two attached hydrogens (primary N) is 2. The first kappa shape index (κ1) is 14.0. The van der Waals surface area contributed by atoms with Gasteiger partial charge < -0.3 is 21.3 Å². The molecule has 1 unspecified atom stereocenters. The molecule has 1 amide bonds. The largest absolute Gasteiger partial charge is 0.399 e. The van der Waals surface area contributed by atoms with Crippen molar-refractivity contribution in [2.24, 2.45) is 5.73 Å². The molecule has 1 fully saturated rings. The van der Waals surface area contributed by atoms with Crippen LogP contribution < -0.4 is 16.4 Å². The molecule has 1 aliphatic rings. The fourth-order valence-electron chi connectivity index (χ4n) is 2.38. The van der Waals surface area contributed by atoms with Crippen LogP contribution in [-0.2, 0) is 0 Å². The van der Waals surface area contributed by atoms with Gasteiger partial charge in [0.2, 0.25) is 0 Å². The van der Waals surface area contributed by atoms with Gasteiger partial charge in [-0.25, -0.2) is 0 Å². The molecular formula is C13H19ClN4O. The summed E-state index contributed by atoms with van der Waals surface area (Å²) in [6, 6.07) is 3.64. The van der Waals surface area contributed by atoms with Crippen LogP contribution in [0.15, 0.2) is 12.1 Å². The van der Waals surface area contributed by atoms with E-state index in [1.165, 1.54) is 0 Å². The summed E-state index contributed by atoms with van der Waals surface area (Å²) in [5, 5.41) is 0.477. The van der Waals surface area contributed by atoms with E-state index in [0.29, 0.717) is 28.0 Å². The first-order valence-electron chi connectivity index (χ1n) is 6.24. The molecule has 1 aliphatic heterocycles. The third-order valence-electron chi connectivity index (χ3n) is 3.63. The number of hydrogen-bond donors (Lipinski definition) is 2. The highest BCUT2D eigenvalue weighted by molar-refractivity contribution is 6.34. The Kier molecular flexibility index (Phi) is 3.87. The van der Waals surface area contributed by atoms with E-state index in [2.05, 4.69) is 23.8 Å². The summed E-state index contributed by atoms with van der Waals surface area (Å²) < 4.78 is 0. The van der Waals surface area contributed by atoms with E-state index in [1.54, 1.807) is 12.1 Å². The minimum absolute atomic E-state index is 0.391. The first-order valence-corrected chi connectivity index (χ1v) is 6.62. The molecular weight excluding hydrogens is 264 g/mol. The molecule has 1 aromatic rings. The van der Waals surface area contributed by atoms with Gasteiger partial charge in [0.25, 0.3) is 5.91 Å². The van der Waals surface area contributed by atoms with E-state index in [-0.39, 0.29) is 0 Å². The van der Waals surface area contributed by atoms with Crippen LogP contribution in [0.1, 0.15) is 17.3 Å². The molecule has 1 aromatic carbocycles. The normalized spacial score (nSPS) is 20.6. The molecule has 19 heavy (non-hydrogen) atoms. The summed E-state index contributed by atoms with van der Waals surface area (Å²) in [7, 11) is 2.08. The Balaban J connectivity index is 2.41. The standard InChI is InChI=1S/C13H19ClN4O/c1-8-7-18(4-3-17(8)2)12-10(13(16)19)5-9(15)6-11(12)14/h5-6,8H,3-4,7,15H2,1-2H3,(H2,16,19). The summed E-state index contributed by atoms with van der Waals surface area (Å²) in [5.74, 6) is -0.504. The minimum Gasteiger partial charge on any atom is -0.399 e. The fourth-order valence-corrected chi connectivity index (χ4v) is 2.73. The Morgan fingerprint density at radius 1 is 1.42 bits per heavy atom. The average Bonchev–Trinajstić information content (AvgIpc) is 2.32. The van der Waals surface area contributed by atoms with Gasteiger partial charge in [-0.2, -0.15) is 0 Å². The van der Waals surface area contributed by atoms with Crippen molar-refractivity contribution in [3.05, 3.63) is 22.7 Å². The molecule has 0 aliphatic carbocycles. The number of likely N-dealkylation sites (N-methyl/N-ethyl adjacent to an activating group) is 1. The summed E-state index contributed by atoms with van der Waals surface area (Å²) >= 11 is 6.25. The number of benzene rings is 1. The van der Waals surface area contributed by atoms with E-state index in [1.807, 2.05) is 0 Å². The predicted molar refractivity (Wildman–Crippen MR) is 78.7 cm³/mol. The number of hydrogen-bond acceptors (Lipinski definition) is 4. The Morgan fingerprint density at radius 2 is 2.11 bits per heavy atom. The molecule has 2 rings (SSSR count).